The van der Waals surface area contributed by atoms with Crippen LogP contribution in [-0.4, -0.2) is 16.5 Å². The molecule has 1 rings (SSSR count). The number of nitro groups is 1. The van der Waals surface area contributed by atoms with Crippen LogP contribution in [-0.2, 0) is 4.74 Å². The summed E-state index contributed by atoms with van der Waals surface area (Å²) >= 11 is 5.80. The van der Waals surface area contributed by atoms with Crippen molar-refractivity contribution in [1.29, 1.82) is 0 Å². The number of esters is 1. The van der Waals surface area contributed by atoms with E-state index in [0.717, 1.165) is 6.07 Å². The summed E-state index contributed by atoms with van der Waals surface area (Å²) in [5.41, 5.74) is -0.878. The number of ether oxygens (including phenoxy) is 1. The molecule has 0 saturated carbocycles. The van der Waals surface area contributed by atoms with Crippen LogP contribution in [0.25, 0.3) is 0 Å². The molecule has 0 bridgehead atoms. The van der Waals surface area contributed by atoms with Gasteiger partial charge in [0.1, 0.15) is 5.60 Å². The van der Waals surface area contributed by atoms with E-state index in [2.05, 4.69) is 0 Å². The van der Waals surface area contributed by atoms with Gasteiger partial charge in [0.2, 0.25) is 0 Å². The highest BCUT2D eigenvalue weighted by Crippen LogP contribution is 2.24. The van der Waals surface area contributed by atoms with Crippen molar-refractivity contribution in [3.8, 4) is 0 Å². The van der Waals surface area contributed by atoms with Gasteiger partial charge < -0.3 is 4.74 Å². The number of hydrogen-bond acceptors (Lipinski definition) is 4. The van der Waals surface area contributed by atoms with Gasteiger partial charge in [-0.3, -0.25) is 10.1 Å². The Hall–Kier alpha value is -1.62. The summed E-state index contributed by atoms with van der Waals surface area (Å²) in [7, 11) is 0. The molecule has 0 radical (unpaired) electrons. The molecule has 0 spiro atoms. The molecule has 0 fully saturated rings. The lowest BCUT2D eigenvalue weighted by molar-refractivity contribution is -0.384. The number of benzene rings is 1. The molecule has 0 heterocycles. The third-order valence-electron chi connectivity index (χ3n) is 1.78. The summed E-state index contributed by atoms with van der Waals surface area (Å²) in [4.78, 5) is 21.7. The maximum atomic E-state index is 11.7. The highest BCUT2D eigenvalue weighted by Gasteiger charge is 2.22. The van der Waals surface area contributed by atoms with E-state index in [1.165, 1.54) is 12.1 Å². The van der Waals surface area contributed by atoms with Crippen LogP contribution in [0.5, 0.6) is 0 Å². The van der Waals surface area contributed by atoms with E-state index in [0.29, 0.717) is 0 Å². The Bertz CT molecular complexity index is 465. The summed E-state index contributed by atoms with van der Waals surface area (Å²) in [6, 6.07) is 3.64. The first-order valence-corrected chi connectivity index (χ1v) is 5.26. The lowest BCUT2D eigenvalue weighted by Gasteiger charge is -2.19. The van der Waals surface area contributed by atoms with Crippen LogP contribution in [0.15, 0.2) is 18.2 Å². The van der Waals surface area contributed by atoms with Crippen molar-refractivity contribution < 1.29 is 14.5 Å². The highest BCUT2D eigenvalue weighted by molar-refractivity contribution is 6.33. The van der Waals surface area contributed by atoms with E-state index in [9.17, 15) is 14.9 Å². The van der Waals surface area contributed by atoms with E-state index in [1.807, 2.05) is 0 Å². The van der Waals surface area contributed by atoms with Crippen LogP contribution < -0.4 is 0 Å². The Balaban J connectivity index is 3.08. The summed E-state index contributed by atoms with van der Waals surface area (Å²) < 4.78 is 5.09. The van der Waals surface area contributed by atoms with Gasteiger partial charge in [-0.1, -0.05) is 11.6 Å². The normalized spacial score (nSPS) is 11.1. The van der Waals surface area contributed by atoms with Crippen molar-refractivity contribution in [2.45, 2.75) is 26.4 Å². The molecule has 0 unspecified atom stereocenters. The second-order valence-corrected chi connectivity index (χ2v) is 4.83. The Morgan fingerprint density at radius 1 is 1.41 bits per heavy atom. The van der Waals surface area contributed by atoms with Crippen molar-refractivity contribution in [2.24, 2.45) is 0 Å². The van der Waals surface area contributed by atoms with Crippen molar-refractivity contribution >= 4 is 23.3 Å². The number of rotatable bonds is 2. The molecule has 1 aromatic carbocycles. The topological polar surface area (TPSA) is 69.4 Å². The van der Waals surface area contributed by atoms with Crippen LogP contribution in [0.1, 0.15) is 31.1 Å². The predicted octanol–water partition coefficient (Wildman–Crippen LogP) is 3.20. The zero-order chi connectivity index (χ0) is 13.2. The van der Waals surface area contributed by atoms with Gasteiger partial charge >= 0.3 is 5.97 Å². The minimum absolute atomic E-state index is 0.00390. The molecule has 0 saturated heterocycles. The fraction of sp³-hybridized carbons (Fsp3) is 0.364. The predicted molar refractivity (Wildman–Crippen MR) is 63.3 cm³/mol. The van der Waals surface area contributed by atoms with Gasteiger partial charge in [-0.2, -0.15) is 0 Å². The third-order valence-corrected chi connectivity index (χ3v) is 2.11. The Kier molecular flexibility index (Phi) is 3.72. The zero-order valence-electron chi connectivity index (χ0n) is 9.69. The minimum atomic E-state index is -0.676. The van der Waals surface area contributed by atoms with Crippen molar-refractivity contribution in [3.05, 3.63) is 38.9 Å². The summed E-state index contributed by atoms with van der Waals surface area (Å²) in [5, 5.41) is 10.7. The van der Waals surface area contributed by atoms with Crippen LogP contribution in [0.4, 0.5) is 5.69 Å². The number of nitrogens with zero attached hydrogens (tertiary/aromatic N) is 1. The van der Waals surface area contributed by atoms with Gasteiger partial charge in [-0.15, -0.1) is 0 Å². The van der Waals surface area contributed by atoms with E-state index in [-0.39, 0.29) is 16.3 Å². The first-order chi connectivity index (χ1) is 7.70. The summed E-state index contributed by atoms with van der Waals surface area (Å²) in [6.45, 7) is 5.11. The number of nitro benzene ring substituents is 1. The molecule has 0 atom stereocenters. The molecular weight excluding hydrogens is 246 g/mol. The summed E-state index contributed by atoms with van der Waals surface area (Å²) in [5.74, 6) is -0.675. The lowest BCUT2D eigenvalue weighted by Crippen LogP contribution is -2.24. The maximum Gasteiger partial charge on any atom is 0.340 e. The van der Waals surface area contributed by atoms with Crippen LogP contribution in [0.2, 0.25) is 5.02 Å². The van der Waals surface area contributed by atoms with E-state index < -0.39 is 16.5 Å². The van der Waals surface area contributed by atoms with Crippen molar-refractivity contribution in [2.75, 3.05) is 0 Å². The fourth-order valence-corrected chi connectivity index (χ4v) is 1.31. The van der Waals surface area contributed by atoms with E-state index in [4.69, 9.17) is 16.3 Å². The zero-order valence-corrected chi connectivity index (χ0v) is 10.4. The van der Waals surface area contributed by atoms with Gasteiger partial charge in [0, 0.05) is 12.1 Å². The Morgan fingerprint density at radius 2 is 2.00 bits per heavy atom. The molecular formula is C11H12ClNO4. The molecule has 0 aromatic heterocycles. The number of carbonyl (C=O) groups excluding carboxylic acids is 1. The van der Waals surface area contributed by atoms with Gasteiger partial charge in [-0.05, 0) is 26.8 Å². The quantitative estimate of drug-likeness (QED) is 0.463. The van der Waals surface area contributed by atoms with Crippen molar-refractivity contribution in [1.82, 2.24) is 0 Å². The third kappa shape index (κ3) is 3.71. The van der Waals surface area contributed by atoms with Crippen molar-refractivity contribution in [3.63, 3.8) is 0 Å². The standard InChI is InChI=1S/C11H12ClNO4/c1-11(2,3)17-10(14)8-6-7(13(15)16)4-5-9(8)12/h4-6H,1-3H3. The average Bonchev–Trinajstić information content (AvgIpc) is 2.14. The molecule has 0 aliphatic rings. The number of hydrogen-bond donors (Lipinski definition) is 0. The first-order valence-electron chi connectivity index (χ1n) is 4.88. The SMILES string of the molecule is CC(C)(C)OC(=O)c1cc([N+](=O)[O-])ccc1Cl. The van der Waals surface area contributed by atoms with Crippen LogP contribution in [0, 0.1) is 10.1 Å². The highest BCUT2D eigenvalue weighted by atomic mass is 35.5. The maximum absolute atomic E-state index is 11.7. The Labute approximate surface area is 103 Å². The van der Waals surface area contributed by atoms with E-state index >= 15 is 0 Å². The van der Waals surface area contributed by atoms with Crippen LogP contribution >= 0.6 is 11.6 Å². The second kappa shape index (κ2) is 4.71. The van der Waals surface area contributed by atoms with E-state index in [1.54, 1.807) is 20.8 Å². The van der Waals surface area contributed by atoms with Gasteiger partial charge in [0.15, 0.2) is 0 Å². The first kappa shape index (κ1) is 13.4. The number of halogens is 1. The molecule has 92 valence electrons. The number of carbonyl (C=O) groups is 1. The molecule has 6 heteroatoms. The molecule has 17 heavy (non-hydrogen) atoms. The van der Waals surface area contributed by atoms with Gasteiger partial charge in [0.25, 0.3) is 5.69 Å². The largest absolute Gasteiger partial charge is 0.456 e. The monoisotopic (exact) mass is 257 g/mol. The number of non-ortho nitro benzene ring substituents is 1. The molecule has 0 aliphatic heterocycles. The molecule has 0 amide bonds. The van der Waals surface area contributed by atoms with Gasteiger partial charge in [0.05, 0.1) is 15.5 Å². The molecule has 0 N–H and O–H groups in total. The Morgan fingerprint density at radius 3 is 2.47 bits per heavy atom. The molecule has 1 aromatic rings. The van der Waals surface area contributed by atoms with Gasteiger partial charge in [-0.25, -0.2) is 4.79 Å². The second-order valence-electron chi connectivity index (χ2n) is 4.42. The fourth-order valence-electron chi connectivity index (χ4n) is 1.12. The smallest absolute Gasteiger partial charge is 0.340 e. The molecule has 0 aliphatic carbocycles. The average molecular weight is 258 g/mol. The summed E-state index contributed by atoms with van der Waals surface area (Å²) in [6.07, 6.45) is 0. The minimum Gasteiger partial charge on any atom is -0.456 e. The van der Waals surface area contributed by atoms with Crippen LogP contribution in [0.3, 0.4) is 0 Å². The lowest BCUT2D eigenvalue weighted by atomic mass is 10.1. The molecule has 5 nitrogen and oxygen atoms in total.